The van der Waals surface area contributed by atoms with Gasteiger partial charge in [-0.05, 0) is 39.0 Å². The molecule has 0 aromatic heterocycles. The lowest BCUT2D eigenvalue weighted by Crippen LogP contribution is -2.42. The van der Waals surface area contributed by atoms with E-state index >= 15 is 0 Å². The highest BCUT2D eigenvalue weighted by molar-refractivity contribution is 6.30. The minimum absolute atomic E-state index is 0.00453. The van der Waals surface area contributed by atoms with Crippen molar-refractivity contribution in [2.75, 3.05) is 6.61 Å². The van der Waals surface area contributed by atoms with Gasteiger partial charge >= 0.3 is 5.97 Å². The molecule has 122 valence electrons. The number of hydrogen-bond donors (Lipinski definition) is 2. The van der Waals surface area contributed by atoms with Crippen molar-refractivity contribution in [2.45, 2.75) is 38.8 Å². The number of carbonyl (C=O) groups is 2. The van der Waals surface area contributed by atoms with Crippen molar-refractivity contribution in [3.05, 3.63) is 34.6 Å². The fourth-order valence-electron chi connectivity index (χ4n) is 1.62. The van der Waals surface area contributed by atoms with E-state index < -0.39 is 29.3 Å². The van der Waals surface area contributed by atoms with Crippen LogP contribution >= 0.6 is 11.6 Å². The summed E-state index contributed by atoms with van der Waals surface area (Å²) in [4.78, 5) is 23.1. The first-order valence-electron chi connectivity index (χ1n) is 6.73. The van der Waals surface area contributed by atoms with Crippen LogP contribution in [0.15, 0.2) is 18.2 Å². The van der Waals surface area contributed by atoms with Crippen molar-refractivity contribution in [1.29, 1.82) is 0 Å². The van der Waals surface area contributed by atoms with Crippen LogP contribution in [0.3, 0.4) is 0 Å². The molecular weight excluding hydrogens is 313 g/mol. The van der Waals surface area contributed by atoms with E-state index in [4.69, 9.17) is 21.4 Å². The maximum absolute atomic E-state index is 13.3. The van der Waals surface area contributed by atoms with Crippen molar-refractivity contribution in [3.63, 3.8) is 0 Å². The van der Waals surface area contributed by atoms with E-state index in [2.05, 4.69) is 5.32 Å². The van der Waals surface area contributed by atoms with Gasteiger partial charge in [0.25, 0.3) is 5.91 Å². The Morgan fingerprint density at radius 2 is 2.05 bits per heavy atom. The number of hydrogen-bond acceptors (Lipinski definition) is 3. The standard InChI is InChI=1S/C15H19ClFNO4/c1-15(2,3)22-7-6-12(14(20)21)18-13(19)9-4-5-10(16)11(17)8-9/h4-5,8,12H,6-7H2,1-3H3,(H,18,19)(H,20,21). The smallest absolute Gasteiger partial charge is 0.326 e. The van der Waals surface area contributed by atoms with E-state index in [9.17, 15) is 14.0 Å². The summed E-state index contributed by atoms with van der Waals surface area (Å²) < 4.78 is 18.8. The second-order valence-corrected chi connectivity index (χ2v) is 6.15. The van der Waals surface area contributed by atoms with Gasteiger partial charge in [0.1, 0.15) is 11.9 Å². The van der Waals surface area contributed by atoms with Crippen molar-refractivity contribution < 1.29 is 23.8 Å². The van der Waals surface area contributed by atoms with Crippen LogP contribution < -0.4 is 5.32 Å². The van der Waals surface area contributed by atoms with E-state index in [1.807, 2.05) is 20.8 Å². The van der Waals surface area contributed by atoms with E-state index in [1.165, 1.54) is 12.1 Å². The minimum Gasteiger partial charge on any atom is -0.480 e. The SMILES string of the molecule is CC(C)(C)OCCC(NC(=O)c1ccc(Cl)c(F)c1)C(=O)O. The summed E-state index contributed by atoms with van der Waals surface area (Å²) in [7, 11) is 0. The third kappa shape index (κ3) is 5.99. The molecule has 1 aromatic carbocycles. The lowest BCUT2D eigenvalue weighted by atomic mass is 10.1. The van der Waals surface area contributed by atoms with Crippen molar-refractivity contribution >= 4 is 23.5 Å². The highest BCUT2D eigenvalue weighted by Crippen LogP contribution is 2.16. The zero-order chi connectivity index (χ0) is 16.9. The number of carboxylic acids is 1. The van der Waals surface area contributed by atoms with Gasteiger partial charge in [0.05, 0.1) is 10.6 Å². The number of amides is 1. The van der Waals surface area contributed by atoms with E-state index in [0.717, 1.165) is 6.07 Å². The Balaban J connectivity index is 2.68. The summed E-state index contributed by atoms with van der Waals surface area (Å²) in [5.41, 5.74) is -0.392. The van der Waals surface area contributed by atoms with E-state index in [0.29, 0.717) is 0 Å². The number of nitrogens with one attached hydrogen (secondary N) is 1. The Kier molecular flexibility index (Phi) is 6.32. The molecule has 1 unspecified atom stereocenters. The maximum atomic E-state index is 13.3. The number of ether oxygens (including phenoxy) is 1. The molecule has 0 heterocycles. The Hall–Kier alpha value is -1.66. The zero-order valence-electron chi connectivity index (χ0n) is 12.7. The first kappa shape index (κ1) is 18.4. The quantitative estimate of drug-likeness (QED) is 0.840. The molecule has 1 amide bonds. The van der Waals surface area contributed by atoms with Crippen molar-refractivity contribution in [3.8, 4) is 0 Å². The fraction of sp³-hybridized carbons (Fsp3) is 0.467. The summed E-state index contributed by atoms with van der Waals surface area (Å²) in [6, 6.07) is 2.41. The summed E-state index contributed by atoms with van der Waals surface area (Å²) in [5.74, 6) is -2.60. The number of benzene rings is 1. The van der Waals surface area contributed by atoms with Gasteiger partial charge in [-0.3, -0.25) is 4.79 Å². The number of rotatable bonds is 6. The second kappa shape index (κ2) is 7.56. The van der Waals surface area contributed by atoms with Crippen LogP contribution in [0.2, 0.25) is 5.02 Å². The molecule has 0 bridgehead atoms. The molecule has 2 N–H and O–H groups in total. The molecule has 7 heteroatoms. The van der Waals surface area contributed by atoms with Crippen molar-refractivity contribution in [1.82, 2.24) is 5.32 Å². The summed E-state index contributed by atoms with van der Waals surface area (Å²) in [5, 5.41) is 11.4. The molecule has 0 spiro atoms. The minimum atomic E-state index is -1.18. The molecule has 0 aliphatic rings. The molecule has 0 aliphatic carbocycles. The third-order valence-electron chi connectivity index (χ3n) is 2.73. The van der Waals surface area contributed by atoms with Crippen LogP contribution in [0.4, 0.5) is 4.39 Å². The average molecular weight is 332 g/mol. The number of carbonyl (C=O) groups excluding carboxylic acids is 1. The van der Waals surface area contributed by atoms with Crippen LogP contribution in [0, 0.1) is 5.82 Å². The molecule has 1 atom stereocenters. The molecule has 22 heavy (non-hydrogen) atoms. The number of aliphatic carboxylic acids is 1. The van der Waals surface area contributed by atoms with Crippen LogP contribution in [0.25, 0.3) is 0 Å². The van der Waals surface area contributed by atoms with E-state index in [-0.39, 0.29) is 23.6 Å². The predicted octanol–water partition coefficient (Wildman–Crippen LogP) is 2.87. The second-order valence-electron chi connectivity index (χ2n) is 5.74. The first-order valence-corrected chi connectivity index (χ1v) is 7.10. The number of halogens is 2. The highest BCUT2D eigenvalue weighted by Gasteiger charge is 2.22. The van der Waals surface area contributed by atoms with Gasteiger partial charge in [-0.2, -0.15) is 0 Å². The van der Waals surface area contributed by atoms with Crippen LogP contribution in [-0.2, 0) is 9.53 Å². The summed E-state index contributed by atoms with van der Waals surface area (Å²) in [6.07, 6.45) is 0.106. The van der Waals surface area contributed by atoms with Gasteiger partial charge < -0.3 is 15.2 Å². The molecular formula is C15H19ClFNO4. The predicted molar refractivity (Wildman–Crippen MR) is 80.6 cm³/mol. The fourth-order valence-corrected chi connectivity index (χ4v) is 1.74. The molecule has 0 fully saturated rings. The Morgan fingerprint density at radius 3 is 2.55 bits per heavy atom. The van der Waals surface area contributed by atoms with Gasteiger partial charge in [0, 0.05) is 18.6 Å². The molecule has 1 aromatic rings. The summed E-state index contributed by atoms with van der Waals surface area (Å²) in [6.45, 7) is 5.71. The lowest BCUT2D eigenvalue weighted by molar-refractivity contribution is -0.140. The monoisotopic (exact) mass is 331 g/mol. The third-order valence-corrected chi connectivity index (χ3v) is 3.03. The van der Waals surface area contributed by atoms with Gasteiger partial charge in [-0.15, -0.1) is 0 Å². The van der Waals surface area contributed by atoms with Crippen LogP contribution in [0.1, 0.15) is 37.6 Å². The molecule has 5 nitrogen and oxygen atoms in total. The van der Waals surface area contributed by atoms with Crippen molar-refractivity contribution in [2.24, 2.45) is 0 Å². The largest absolute Gasteiger partial charge is 0.480 e. The average Bonchev–Trinajstić information content (AvgIpc) is 2.39. The van der Waals surface area contributed by atoms with Crippen LogP contribution in [-0.4, -0.2) is 35.2 Å². The van der Waals surface area contributed by atoms with Crippen LogP contribution in [0.5, 0.6) is 0 Å². The maximum Gasteiger partial charge on any atom is 0.326 e. The Morgan fingerprint density at radius 1 is 1.41 bits per heavy atom. The molecule has 0 saturated carbocycles. The van der Waals surface area contributed by atoms with Gasteiger partial charge in [0.15, 0.2) is 0 Å². The van der Waals surface area contributed by atoms with Gasteiger partial charge in [0.2, 0.25) is 0 Å². The number of carboxylic acid groups (broad SMARTS) is 1. The van der Waals surface area contributed by atoms with Gasteiger partial charge in [-0.1, -0.05) is 11.6 Å². The zero-order valence-corrected chi connectivity index (χ0v) is 13.4. The topological polar surface area (TPSA) is 75.6 Å². The van der Waals surface area contributed by atoms with Gasteiger partial charge in [-0.25, -0.2) is 9.18 Å². The molecule has 0 radical (unpaired) electrons. The lowest BCUT2D eigenvalue weighted by Gasteiger charge is -2.21. The molecule has 1 rings (SSSR count). The first-order chi connectivity index (χ1) is 10.1. The summed E-state index contributed by atoms with van der Waals surface area (Å²) >= 11 is 5.54. The highest BCUT2D eigenvalue weighted by atomic mass is 35.5. The Bertz CT molecular complexity index is 557. The molecule has 0 saturated heterocycles. The molecule has 0 aliphatic heterocycles. The normalized spacial score (nSPS) is 12.8. The Labute approximate surface area is 133 Å². The van der Waals surface area contributed by atoms with E-state index in [1.54, 1.807) is 0 Å².